The van der Waals surface area contributed by atoms with Gasteiger partial charge in [-0.1, -0.05) is 12.1 Å². The Kier molecular flexibility index (Phi) is 4.92. The molecule has 0 saturated carbocycles. The number of ether oxygens (including phenoxy) is 3. The van der Waals surface area contributed by atoms with Gasteiger partial charge in [0.2, 0.25) is 11.8 Å². The van der Waals surface area contributed by atoms with Crippen molar-refractivity contribution < 1.29 is 19.1 Å². The summed E-state index contributed by atoms with van der Waals surface area (Å²) in [6.45, 7) is 0. The standard InChI is InChI=1S/C21H17N5O5/c1-29-15-8-5-12(9-16(15)30-2)19-18-17(11-3-6-13(7-4-11)26(27)28)14(10-22)20(23)31-21(18)25-24-19/h3-9,17H,23H2,1-2H3,(H,24,25)/t17-/m1/s1. The number of nitriles is 1. The average molecular weight is 419 g/mol. The molecule has 0 spiro atoms. The van der Waals surface area contributed by atoms with Gasteiger partial charge in [-0.25, -0.2) is 0 Å². The van der Waals surface area contributed by atoms with E-state index in [4.69, 9.17) is 19.9 Å². The number of aromatic amines is 1. The van der Waals surface area contributed by atoms with Crippen molar-refractivity contribution in [1.82, 2.24) is 10.2 Å². The molecule has 1 aromatic heterocycles. The number of hydrogen-bond acceptors (Lipinski definition) is 8. The van der Waals surface area contributed by atoms with Crippen molar-refractivity contribution in [2.24, 2.45) is 5.73 Å². The molecule has 0 fully saturated rings. The van der Waals surface area contributed by atoms with Gasteiger partial charge in [-0.15, -0.1) is 5.10 Å². The highest BCUT2D eigenvalue weighted by atomic mass is 16.6. The largest absolute Gasteiger partial charge is 0.493 e. The van der Waals surface area contributed by atoms with E-state index >= 15 is 0 Å². The Bertz CT molecular complexity index is 1240. The molecular formula is C21H17N5O5. The van der Waals surface area contributed by atoms with Gasteiger partial charge < -0.3 is 19.9 Å². The lowest BCUT2D eigenvalue weighted by Crippen LogP contribution is -2.21. The number of nitro groups is 1. The van der Waals surface area contributed by atoms with Crippen LogP contribution in [0.2, 0.25) is 0 Å². The number of fused-ring (bicyclic) bond motifs is 1. The maximum atomic E-state index is 11.0. The molecule has 1 aliphatic heterocycles. The van der Waals surface area contributed by atoms with Gasteiger partial charge in [0, 0.05) is 17.7 Å². The van der Waals surface area contributed by atoms with E-state index < -0.39 is 10.8 Å². The van der Waals surface area contributed by atoms with E-state index in [0.29, 0.717) is 28.3 Å². The van der Waals surface area contributed by atoms with Gasteiger partial charge in [0.1, 0.15) is 11.6 Å². The van der Waals surface area contributed by atoms with Crippen LogP contribution < -0.4 is 19.9 Å². The summed E-state index contributed by atoms with van der Waals surface area (Å²) in [6.07, 6.45) is 0. The normalized spacial score (nSPS) is 14.9. The predicted molar refractivity (Wildman–Crippen MR) is 110 cm³/mol. The van der Waals surface area contributed by atoms with Crippen molar-refractivity contribution in [3.05, 3.63) is 75.2 Å². The fourth-order valence-corrected chi connectivity index (χ4v) is 3.58. The van der Waals surface area contributed by atoms with Crippen LogP contribution >= 0.6 is 0 Å². The maximum absolute atomic E-state index is 11.0. The number of nitrogens with one attached hydrogen (secondary N) is 1. The number of hydrogen-bond donors (Lipinski definition) is 2. The van der Waals surface area contributed by atoms with Crippen molar-refractivity contribution in [3.63, 3.8) is 0 Å². The summed E-state index contributed by atoms with van der Waals surface area (Å²) in [5, 5.41) is 28.0. The van der Waals surface area contributed by atoms with Crippen LogP contribution in [0.15, 0.2) is 53.9 Å². The summed E-state index contributed by atoms with van der Waals surface area (Å²) in [6, 6.07) is 13.4. The third-order valence-corrected chi connectivity index (χ3v) is 5.05. The summed E-state index contributed by atoms with van der Waals surface area (Å²) in [5.41, 5.74) is 8.65. The molecule has 1 atom stereocenters. The maximum Gasteiger partial charge on any atom is 0.269 e. The fraction of sp³-hybridized carbons (Fsp3) is 0.143. The zero-order chi connectivity index (χ0) is 22.1. The van der Waals surface area contributed by atoms with Crippen molar-refractivity contribution in [2.75, 3.05) is 14.2 Å². The van der Waals surface area contributed by atoms with E-state index in [-0.39, 0.29) is 23.0 Å². The highest BCUT2D eigenvalue weighted by Crippen LogP contribution is 2.46. The van der Waals surface area contributed by atoms with Crippen LogP contribution in [0.3, 0.4) is 0 Å². The molecule has 0 amide bonds. The zero-order valence-corrected chi connectivity index (χ0v) is 16.6. The van der Waals surface area contributed by atoms with Gasteiger partial charge in [-0.05, 0) is 23.8 Å². The number of rotatable bonds is 5. The molecule has 156 valence electrons. The summed E-state index contributed by atoms with van der Waals surface area (Å²) in [4.78, 5) is 10.6. The lowest BCUT2D eigenvalue weighted by atomic mass is 9.83. The molecule has 0 unspecified atom stereocenters. The molecule has 0 radical (unpaired) electrons. The third-order valence-electron chi connectivity index (χ3n) is 5.05. The molecule has 2 aromatic carbocycles. The number of aromatic nitrogens is 2. The quantitative estimate of drug-likeness (QED) is 0.473. The van der Waals surface area contributed by atoms with Crippen molar-refractivity contribution >= 4 is 5.69 Å². The van der Waals surface area contributed by atoms with E-state index in [1.54, 1.807) is 31.4 Å². The van der Waals surface area contributed by atoms with Gasteiger partial charge in [-0.2, -0.15) is 5.26 Å². The van der Waals surface area contributed by atoms with Crippen LogP contribution in [-0.2, 0) is 0 Å². The Labute approximate surface area is 176 Å². The SMILES string of the molecule is COc1ccc(-c2[nH]nc3c2[C@H](c2ccc([N+](=O)[O-])cc2)C(C#N)=C(N)O3)cc1OC. The van der Waals surface area contributed by atoms with Crippen LogP contribution in [0, 0.1) is 21.4 Å². The average Bonchev–Trinajstić information content (AvgIpc) is 3.20. The molecule has 0 saturated heterocycles. The molecule has 3 aromatic rings. The zero-order valence-electron chi connectivity index (χ0n) is 16.6. The second-order valence-electron chi connectivity index (χ2n) is 6.66. The Morgan fingerprint density at radius 1 is 1.19 bits per heavy atom. The van der Waals surface area contributed by atoms with Crippen LogP contribution in [-0.4, -0.2) is 29.3 Å². The number of nitro benzene ring substituents is 1. The minimum absolute atomic E-state index is 0.0567. The van der Waals surface area contributed by atoms with Crippen LogP contribution in [0.5, 0.6) is 17.4 Å². The van der Waals surface area contributed by atoms with Gasteiger partial charge in [0.15, 0.2) is 11.5 Å². The van der Waals surface area contributed by atoms with E-state index in [0.717, 1.165) is 5.56 Å². The summed E-state index contributed by atoms with van der Waals surface area (Å²) in [7, 11) is 3.07. The monoisotopic (exact) mass is 419 g/mol. The smallest absolute Gasteiger partial charge is 0.269 e. The van der Waals surface area contributed by atoms with Crippen LogP contribution in [0.25, 0.3) is 11.3 Å². The molecule has 10 nitrogen and oxygen atoms in total. The fourth-order valence-electron chi connectivity index (χ4n) is 3.58. The number of nitrogens with zero attached hydrogens (tertiary/aromatic N) is 3. The first-order chi connectivity index (χ1) is 15.0. The lowest BCUT2D eigenvalue weighted by Gasteiger charge is -2.24. The Hall–Kier alpha value is -4.52. The molecule has 3 N–H and O–H groups in total. The number of nitrogens with two attached hydrogens (primary N) is 1. The summed E-state index contributed by atoms with van der Waals surface area (Å²) >= 11 is 0. The predicted octanol–water partition coefficient (Wildman–Crippen LogP) is 3.22. The van der Waals surface area contributed by atoms with Gasteiger partial charge in [0.05, 0.1) is 36.3 Å². The molecule has 1 aliphatic rings. The first kappa shape index (κ1) is 19.8. The Morgan fingerprint density at radius 3 is 2.52 bits per heavy atom. The third kappa shape index (κ3) is 3.28. The molecule has 0 aliphatic carbocycles. The molecule has 2 heterocycles. The van der Waals surface area contributed by atoms with Crippen LogP contribution in [0.4, 0.5) is 5.69 Å². The van der Waals surface area contributed by atoms with E-state index in [9.17, 15) is 15.4 Å². The molecule has 0 bridgehead atoms. The molecule has 31 heavy (non-hydrogen) atoms. The van der Waals surface area contributed by atoms with Crippen molar-refractivity contribution in [1.29, 1.82) is 5.26 Å². The summed E-state index contributed by atoms with van der Waals surface area (Å²) in [5.74, 6) is 0.608. The Balaban J connectivity index is 1.89. The summed E-state index contributed by atoms with van der Waals surface area (Å²) < 4.78 is 16.3. The number of H-pyrrole nitrogens is 1. The second kappa shape index (κ2) is 7.72. The van der Waals surface area contributed by atoms with Crippen LogP contribution in [0.1, 0.15) is 17.0 Å². The molecule has 4 rings (SSSR count). The van der Waals surface area contributed by atoms with Crippen molar-refractivity contribution in [2.45, 2.75) is 5.92 Å². The molecule has 10 heteroatoms. The highest BCUT2D eigenvalue weighted by molar-refractivity contribution is 5.73. The van der Waals surface area contributed by atoms with Gasteiger partial charge in [-0.3, -0.25) is 15.2 Å². The first-order valence-corrected chi connectivity index (χ1v) is 9.11. The highest BCUT2D eigenvalue weighted by Gasteiger charge is 2.36. The number of allylic oxidation sites excluding steroid dienone is 1. The number of methoxy groups -OCH3 is 2. The van der Waals surface area contributed by atoms with Gasteiger partial charge >= 0.3 is 0 Å². The Morgan fingerprint density at radius 2 is 1.90 bits per heavy atom. The van der Waals surface area contributed by atoms with E-state index in [2.05, 4.69) is 16.3 Å². The topological polar surface area (TPSA) is 149 Å². The first-order valence-electron chi connectivity index (χ1n) is 9.11. The van der Waals surface area contributed by atoms with E-state index in [1.807, 2.05) is 6.07 Å². The second-order valence-corrected chi connectivity index (χ2v) is 6.66. The number of benzene rings is 2. The lowest BCUT2D eigenvalue weighted by molar-refractivity contribution is -0.384. The van der Waals surface area contributed by atoms with E-state index in [1.165, 1.54) is 19.2 Å². The van der Waals surface area contributed by atoms with Gasteiger partial charge in [0.25, 0.3) is 5.69 Å². The van der Waals surface area contributed by atoms with Crippen molar-refractivity contribution in [3.8, 4) is 34.7 Å². The minimum Gasteiger partial charge on any atom is -0.493 e. The molecular weight excluding hydrogens is 402 g/mol. The number of non-ortho nitro benzene ring substituents is 1. The minimum atomic E-state index is -0.628.